The van der Waals surface area contributed by atoms with Crippen LogP contribution in [0.2, 0.25) is 0 Å². The molecule has 8 nitrogen and oxygen atoms in total. The molecule has 1 aromatic heterocycles. The van der Waals surface area contributed by atoms with E-state index >= 15 is 0 Å². The topological polar surface area (TPSA) is 113 Å². The Morgan fingerprint density at radius 1 is 1.41 bits per heavy atom. The fourth-order valence-electron chi connectivity index (χ4n) is 3.25. The number of carboxylic acids is 2. The van der Waals surface area contributed by atoms with E-state index in [4.69, 9.17) is 9.84 Å². The summed E-state index contributed by atoms with van der Waals surface area (Å²) in [6.45, 7) is 3.13. The van der Waals surface area contributed by atoms with Gasteiger partial charge in [-0.1, -0.05) is 0 Å². The number of aromatic nitrogens is 2. The molecule has 3 heterocycles. The molecule has 2 aliphatic rings. The van der Waals surface area contributed by atoms with Crippen molar-refractivity contribution in [3.63, 3.8) is 0 Å². The Morgan fingerprint density at radius 3 is 2.82 bits per heavy atom. The third-order valence-electron chi connectivity index (χ3n) is 4.44. The van der Waals surface area contributed by atoms with Crippen LogP contribution in [0, 0.1) is 18.3 Å². The zero-order valence-electron chi connectivity index (χ0n) is 12.2. The number of hydrogen-bond donors (Lipinski definition) is 2. The zero-order chi connectivity index (χ0) is 15.9. The van der Waals surface area contributed by atoms with Crippen molar-refractivity contribution in [1.29, 1.82) is 0 Å². The first-order valence-electron chi connectivity index (χ1n) is 7.07. The second kappa shape index (κ2) is 5.20. The van der Waals surface area contributed by atoms with Gasteiger partial charge >= 0.3 is 11.9 Å². The second-order valence-corrected chi connectivity index (χ2v) is 5.88. The van der Waals surface area contributed by atoms with Gasteiger partial charge in [0.25, 0.3) is 0 Å². The average Bonchev–Trinajstić information content (AvgIpc) is 2.87. The monoisotopic (exact) mass is 307 g/mol. The third-order valence-corrected chi connectivity index (χ3v) is 4.44. The quantitative estimate of drug-likeness (QED) is 0.825. The van der Waals surface area contributed by atoms with E-state index in [1.54, 1.807) is 11.8 Å². The van der Waals surface area contributed by atoms with E-state index in [2.05, 4.69) is 9.97 Å². The minimum Gasteiger partial charge on any atom is -0.481 e. The lowest BCUT2D eigenvalue weighted by atomic mass is 9.76. The molecule has 2 saturated heterocycles. The van der Waals surface area contributed by atoms with Crippen molar-refractivity contribution in [1.82, 2.24) is 9.97 Å². The lowest BCUT2D eigenvalue weighted by Gasteiger charge is -2.33. The molecule has 0 amide bonds. The van der Waals surface area contributed by atoms with Gasteiger partial charge in [0, 0.05) is 25.4 Å². The molecule has 3 rings (SSSR count). The van der Waals surface area contributed by atoms with E-state index in [9.17, 15) is 14.7 Å². The van der Waals surface area contributed by atoms with Crippen LogP contribution in [0.4, 0.5) is 5.95 Å². The van der Waals surface area contributed by atoms with E-state index in [1.165, 1.54) is 6.07 Å². The maximum absolute atomic E-state index is 11.7. The van der Waals surface area contributed by atoms with Gasteiger partial charge in [0.05, 0.1) is 6.61 Å². The minimum atomic E-state index is -1.13. The second-order valence-electron chi connectivity index (χ2n) is 5.88. The molecule has 0 aliphatic carbocycles. The molecule has 0 saturated carbocycles. The molecular formula is C14H17N3O5. The van der Waals surface area contributed by atoms with Crippen LogP contribution in [0.3, 0.4) is 0 Å². The first-order chi connectivity index (χ1) is 10.4. The van der Waals surface area contributed by atoms with Gasteiger partial charge in [0.15, 0.2) is 5.69 Å². The SMILES string of the molecule is Cc1cc(C(=O)O)nc(N2C[C@@H]3CCOC[C@]3(C(=O)O)C2)n1. The molecule has 0 aromatic carbocycles. The highest BCUT2D eigenvalue weighted by atomic mass is 16.5. The van der Waals surface area contributed by atoms with Crippen molar-refractivity contribution in [2.24, 2.45) is 11.3 Å². The number of anilines is 1. The van der Waals surface area contributed by atoms with E-state index in [0.717, 1.165) is 0 Å². The molecule has 0 spiro atoms. The molecule has 1 aromatic rings. The van der Waals surface area contributed by atoms with Gasteiger partial charge in [-0.3, -0.25) is 4.79 Å². The number of carbonyl (C=O) groups is 2. The van der Waals surface area contributed by atoms with E-state index in [-0.39, 0.29) is 30.7 Å². The summed E-state index contributed by atoms with van der Waals surface area (Å²) in [6.07, 6.45) is 0.667. The maximum atomic E-state index is 11.7. The number of rotatable bonds is 3. The molecule has 0 unspecified atom stereocenters. The van der Waals surface area contributed by atoms with Crippen LogP contribution < -0.4 is 4.90 Å². The lowest BCUT2D eigenvalue weighted by Crippen LogP contribution is -2.46. The van der Waals surface area contributed by atoms with Crippen molar-refractivity contribution in [2.75, 3.05) is 31.2 Å². The van der Waals surface area contributed by atoms with Crippen LogP contribution in [-0.4, -0.2) is 58.4 Å². The molecule has 8 heteroatoms. The van der Waals surface area contributed by atoms with E-state index in [1.807, 2.05) is 0 Å². The van der Waals surface area contributed by atoms with Gasteiger partial charge < -0.3 is 19.8 Å². The van der Waals surface area contributed by atoms with Gasteiger partial charge in [-0.25, -0.2) is 14.8 Å². The summed E-state index contributed by atoms with van der Waals surface area (Å²) in [5, 5.41) is 18.7. The van der Waals surface area contributed by atoms with Crippen molar-refractivity contribution in [3.8, 4) is 0 Å². The predicted octanol–water partition coefficient (Wildman–Crippen LogP) is 0.411. The Kier molecular flexibility index (Phi) is 3.48. The molecule has 2 fully saturated rings. The van der Waals surface area contributed by atoms with Gasteiger partial charge in [-0.05, 0) is 25.3 Å². The minimum absolute atomic E-state index is 0.0452. The van der Waals surface area contributed by atoms with Gasteiger partial charge in [0.1, 0.15) is 5.41 Å². The van der Waals surface area contributed by atoms with Gasteiger partial charge in [-0.2, -0.15) is 0 Å². The molecule has 0 radical (unpaired) electrons. The molecule has 2 atom stereocenters. The van der Waals surface area contributed by atoms with Crippen molar-refractivity contribution in [2.45, 2.75) is 13.3 Å². The van der Waals surface area contributed by atoms with E-state index < -0.39 is 17.4 Å². The summed E-state index contributed by atoms with van der Waals surface area (Å²) < 4.78 is 5.38. The molecule has 2 N–H and O–H groups in total. The summed E-state index contributed by atoms with van der Waals surface area (Å²) in [4.78, 5) is 32.9. The van der Waals surface area contributed by atoms with E-state index in [0.29, 0.717) is 25.3 Å². The summed E-state index contributed by atoms with van der Waals surface area (Å²) in [5.74, 6) is -1.78. The first-order valence-corrected chi connectivity index (χ1v) is 7.07. The first kappa shape index (κ1) is 14.7. The molecule has 0 bridgehead atoms. The Labute approximate surface area is 126 Å². The highest BCUT2D eigenvalue weighted by Crippen LogP contribution is 2.42. The van der Waals surface area contributed by atoms with Crippen LogP contribution in [-0.2, 0) is 9.53 Å². The summed E-state index contributed by atoms with van der Waals surface area (Å²) in [5.41, 5.74) is -0.509. The number of ether oxygens (including phenoxy) is 1. The van der Waals surface area contributed by atoms with Gasteiger partial charge in [0.2, 0.25) is 5.95 Å². The van der Waals surface area contributed by atoms with Crippen LogP contribution in [0.5, 0.6) is 0 Å². The summed E-state index contributed by atoms with van der Waals surface area (Å²) >= 11 is 0. The summed E-state index contributed by atoms with van der Waals surface area (Å²) in [6, 6.07) is 1.39. The normalized spacial score (nSPS) is 27.5. The Balaban J connectivity index is 1.94. The fraction of sp³-hybridized carbons (Fsp3) is 0.571. The Bertz CT molecular complexity index is 635. The number of fused-ring (bicyclic) bond motifs is 1. The number of aryl methyl sites for hydroxylation is 1. The molecule has 118 valence electrons. The van der Waals surface area contributed by atoms with Gasteiger partial charge in [-0.15, -0.1) is 0 Å². The molecule has 22 heavy (non-hydrogen) atoms. The van der Waals surface area contributed by atoms with Crippen LogP contribution in [0.1, 0.15) is 22.6 Å². The average molecular weight is 307 g/mol. The number of carboxylic acid groups (broad SMARTS) is 2. The number of aliphatic carboxylic acids is 1. The Morgan fingerprint density at radius 2 is 2.18 bits per heavy atom. The Hall–Kier alpha value is -2.22. The van der Waals surface area contributed by atoms with Crippen molar-refractivity contribution >= 4 is 17.9 Å². The number of nitrogens with zero attached hydrogens (tertiary/aromatic N) is 3. The van der Waals surface area contributed by atoms with Crippen LogP contribution >= 0.6 is 0 Å². The summed E-state index contributed by atoms with van der Waals surface area (Å²) in [7, 11) is 0. The van der Waals surface area contributed by atoms with Crippen molar-refractivity contribution in [3.05, 3.63) is 17.5 Å². The third kappa shape index (κ3) is 2.29. The van der Waals surface area contributed by atoms with Crippen LogP contribution in [0.15, 0.2) is 6.07 Å². The molecular weight excluding hydrogens is 290 g/mol. The smallest absolute Gasteiger partial charge is 0.354 e. The molecule has 2 aliphatic heterocycles. The predicted molar refractivity (Wildman–Crippen MR) is 74.9 cm³/mol. The fourth-order valence-corrected chi connectivity index (χ4v) is 3.25. The van der Waals surface area contributed by atoms with Crippen molar-refractivity contribution < 1.29 is 24.5 Å². The number of hydrogen-bond acceptors (Lipinski definition) is 6. The number of aromatic carboxylic acids is 1. The standard InChI is InChI=1S/C14H17N3O5/c1-8-4-10(11(18)19)16-13(15-8)17-5-9-2-3-22-7-14(9,6-17)12(20)21/h4,9H,2-3,5-7H2,1H3,(H,18,19)(H,20,21)/t9-,14+/m0/s1. The highest BCUT2D eigenvalue weighted by Gasteiger charge is 2.54. The van der Waals surface area contributed by atoms with Crippen LogP contribution in [0.25, 0.3) is 0 Å². The largest absolute Gasteiger partial charge is 0.481 e. The maximum Gasteiger partial charge on any atom is 0.354 e. The lowest BCUT2D eigenvalue weighted by molar-refractivity contribution is -0.159. The highest BCUT2D eigenvalue weighted by molar-refractivity contribution is 5.85. The zero-order valence-corrected chi connectivity index (χ0v) is 12.2.